The van der Waals surface area contributed by atoms with Gasteiger partial charge in [-0.05, 0) is 37.0 Å². The Hall–Kier alpha value is -3.35. The number of hydrogen-bond acceptors (Lipinski definition) is 4. The molecule has 148 valence electrons. The molecule has 2 aromatic rings. The van der Waals surface area contributed by atoms with Gasteiger partial charge in [-0.15, -0.1) is 0 Å². The van der Waals surface area contributed by atoms with E-state index in [4.69, 9.17) is 14.9 Å². The van der Waals surface area contributed by atoms with Gasteiger partial charge >= 0.3 is 18.0 Å². The molecule has 28 heavy (non-hydrogen) atoms. The Kier molecular flexibility index (Phi) is 6.76. The largest absolute Gasteiger partial charge is 0.481 e. The molecule has 2 aromatic carbocycles. The van der Waals surface area contributed by atoms with Crippen molar-refractivity contribution in [1.29, 1.82) is 0 Å². The number of rotatable bonds is 8. The Balaban J connectivity index is 2.04. The zero-order valence-corrected chi connectivity index (χ0v) is 15.7. The van der Waals surface area contributed by atoms with Crippen molar-refractivity contribution in [3.8, 4) is 11.1 Å². The lowest BCUT2D eigenvalue weighted by Crippen LogP contribution is -2.43. The number of carboxylic acid groups (broad SMARTS) is 2. The molecule has 0 bridgehead atoms. The van der Waals surface area contributed by atoms with Crippen LogP contribution in [0.2, 0.25) is 0 Å². The second-order valence-electron chi connectivity index (χ2n) is 6.81. The fourth-order valence-corrected chi connectivity index (χ4v) is 2.68. The number of ether oxygens (including phenoxy) is 1. The Morgan fingerprint density at radius 3 is 2.07 bits per heavy atom. The SMILES string of the molecule is CC(C)(OC(=O)NC(CCC(=O)O)C(=O)O)c1ccc(-c2ccccc2)cc1. The highest BCUT2D eigenvalue weighted by Gasteiger charge is 2.28. The summed E-state index contributed by atoms with van der Waals surface area (Å²) in [6.45, 7) is 3.38. The van der Waals surface area contributed by atoms with Gasteiger partial charge in [0.2, 0.25) is 0 Å². The lowest BCUT2D eigenvalue weighted by atomic mass is 9.95. The number of benzene rings is 2. The van der Waals surface area contributed by atoms with Gasteiger partial charge in [0.15, 0.2) is 0 Å². The van der Waals surface area contributed by atoms with E-state index in [0.29, 0.717) is 0 Å². The Morgan fingerprint density at radius 1 is 0.964 bits per heavy atom. The summed E-state index contributed by atoms with van der Waals surface area (Å²) in [5.74, 6) is -2.46. The van der Waals surface area contributed by atoms with E-state index in [1.165, 1.54) is 0 Å². The number of carbonyl (C=O) groups is 3. The molecule has 2 rings (SSSR count). The summed E-state index contributed by atoms with van der Waals surface area (Å²) in [6.07, 6.45) is -1.52. The summed E-state index contributed by atoms with van der Waals surface area (Å²) in [4.78, 5) is 33.9. The van der Waals surface area contributed by atoms with E-state index >= 15 is 0 Å². The average Bonchev–Trinajstić information content (AvgIpc) is 2.65. The van der Waals surface area contributed by atoms with Crippen LogP contribution in [-0.2, 0) is 19.9 Å². The van der Waals surface area contributed by atoms with E-state index in [9.17, 15) is 14.4 Å². The van der Waals surface area contributed by atoms with Crippen LogP contribution in [0.3, 0.4) is 0 Å². The van der Waals surface area contributed by atoms with E-state index in [2.05, 4.69) is 5.32 Å². The molecule has 0 fully saturated rings. The van der Waals surface area contributed by atoms with Crippen LogP contribution in [0.5, 0.6) is 0 Å². The first-order valence-corrected chi connectivity index (χ1v) is 8.79. The zero-order chi connectivity index (χ0) is 20.7. The quantitative estimate of drug-likeness (QED) is 0.639. The van der Waals surface area contributed by atoms with E-state index < -0.39 is 29.7 Å². The average molecular weight is 385 g/mol. The van der Waals surface area contributed by atoms with Crippen LogP contribution in [0.15, 0.2) is 54.6 Å². The van der Waals surface area contributed by atoms with Crippen molar-refractivity contribution in [2.24, 2.45) is 0 Å². The van der Waals surface area contributed by atoms with Gasteiger partial charge < -0.3 is 20.3 Å². The number of carbonyl (C=O) groups excluding carboxylic acids is 1. The van der Waals surface area contributed by atoms with E-state index in [1.807, 2.05) is 54.6 Å². The fourth-order valence-electron chi connectivity index (χ4n) is 2.68. The summed E-state index contributed by atoms with van der Waals surface area (Å²) >= 11 is 0. The topological polar surface area (TPSA) is 113 Å². The van der Waals surface area contributed by atoms with Gasteiger partial charge in [-0.3, -0.25) is 4.79 Å². The lowest BCUT2D eigenvalue weighted by molar-refractivity contribution is -0.140. The van der Waals surface area contributed by atoms with E-state index in [-0.39, 0.29) is 12.8 Å². The van der Waals surface area contributed by atoms with Crippen molar-refractivity contribution in [2.75, 3.05) is 0 Å². The van der Waals surface area contributed by atoms with Crippen molar-refractivity contribution in [3.63, 3.8) is 0 Å². The molecule has 0 radical (unpaired) electrons. The fraction of sp³-hybridized carbons (Fsp3) is 0.286. The predicted octanol–water partition coefficient (Wildman–Crippen LogP) is 3.63. The molecule has 0 aliphatic carbocycles. The molecular weight excluding hydrogens is 362 g/mol. The normalized spacial score (nSPS) is 12.1. The van der Waals surface area contributed by atoms with Crippen molar-refractivity contribution in [3.05, 3.63) is 60.2 Å². The number of hydrogen-bond donors (Lipinski definition) is 3. The predicted molar refractivity (Wildman–Crippen MR) is 103 cm³/mol. The highest BCUT2D eigenvalue weighted by Crippen LogP contribution is 2.28. The van der Waals surface area contributed by atoms with Gasteiger partial charge in [0.25, 0.3) is 0 Å². The highest BCUT2D eigenvalue weighted by atomic mass is 16.6. The first-order chi connectivity index (χ1) is 13.2. The summed E-state index contributed by atoms with van der Waals surface area (Å²) in [7, 11) is 0. The molecule has 1 unspecified atom stereocenters. The molecular formula is C21H23NO6. The minimum atomic E-state index is -1.33. The van der Waals surface area contributed by atoms with Gasteiger partial charge in [-0.2, -0.15) is 0 Å². The molecule has 7 nitrogen and oxygen atoms in total. The Bertz CT molecular complexity index is 830. The van der Waals surface area contributed by atoms with Crippen molar-refractivity contribution in [2.45, 2.75) is 38.3 Å². The highest BCUT2D eigenvalue weighted by molar-refractivity contribution is 5.80. The molecule has 0 spiro atoms. The maximum atomic E-state index is 12.1. The molecule has 0 saturated carbocycles. The Morgan fingerprint density at radius 2 is 1.54 bits per heavy atom. The van der Waals surface area contributed by atoms with Crippen LogP contribution in [0.25, 0.3) is 11.1 Å². The summed E-state index contributed by atoms with van der Waals surface area (Å²) < 4.78 is 5.40. The van der Waals surface area contributed by atoms with E-state index in [0.717, 1.165) is 16.7 Å². The van der Waals surface area contributed by atoms with Gasteiger partial charge in [0, 0.05) is 6.42 Å². The third-order valence-electron chi connectivity index (χ3n) is 4.27. The third-order valence-corrected chi connectivity index (χ3v) is 4.27. The molecule has 1 atom stereocenters. The summed E-state index contributed by atoms with van der Waals surface area (Å²) in [5.41, 5.74) is 1.81. The van der Waals surface area contributed by atoms with Gasteiger partial charge in [0.1, 0.15) is 11.6 Å². The number of nitrogens with one attached hydrogen (secondary N) is 1. The van der Waals surface area contributed by atoms with Crippen LogP contribution in [0.1, 0.15) is 32.3 Å². The minimum Gasteiger partial charge on any atom is -0.481 e. The number of amides is 1. The molecule has 3 N–H and O–H groups in total. The molecule has 0 aliphatic heterocycles. The van der Waals surface area contributed by atoms with E-state index in [1.54, 1.807) is 13.8 Å². The first-order valence-electron chi connectivity index (χ1n) is 8.79. The second kappa shape index (κ2) is 9.03. The first kappa shape index (κ1) is 21.0. The van der Waals surface area contributed by atoms with Crippen LogP contribution in [0.4, 0.5) is 4.79 Å². The molecule has 0 heterocycles. The number of aliphatic carboxylic acids is 2. The lowest BCUT2D eigenvalue weighted by Gasteiger charge is -2.27. The number of alkyl carbamates (subject to hydrolysis) is 1. The molecule has 0 aromatic heterocycles. The zero-order valence-electron chi connectivity index (χ0n) is 15.7. The van der Waals surface area contributed by atoms with Crippen LogP contribution in [0, 0.1) is 0 Å². The van der Waals surface area contributed by atoms with Gasteiger partial charge in [0.05, 0.1) is 0 Å². The molecule has 0 aliphatic rings. The van der Waals surface area contributed by atoms with Crippen LogP contribution in [-0.4, -0.2) is 34.3 Å². The van der Waals surface area contributed by atoms with Crippen LogP contribution >= 0.6 is 0 Å². The van der Waals surface area contributed by atoms with Crippen LogP contribution < -0.4 is 5.32 Å². The smallest absolute Gasteiger partial charge is 0.408 e. The molecule has 1 amide bonds. The summed E-state index contributed by atoms with van der Waals surface area (Å²) in [6, 6.07) is 16.0. The van der Waals surface area contributed by atoms with Crippen molar-refractivity contribution < 1.29 is 29.3 Å². The molecule has 0 saturated heterocycles. The molecule has 7 heteroatoms. The summed E-state index contributed by atoms with van der Waals surface area (Å²) in [5, 5.41) is 20.0. The third kappa shape index (κ3) is 5.84. The van der Waals surface area contributed by atoms with Gasteiger partial charge in [-0.1, -0.05) is 54.6 Å². The van der Waals surface area contributed by atoms with Crippen molar-refractivity contribution in [1.82, 2.24) is 5.32 Å². The number of carboxylic acids is 2. The maximum Gasteiger partial charge on any atom is 0.408 e. The second-order valence-corrected chi connectivity index (χ2v) is 6.81. The standard InChI is InChI=1S/C21H23NO6/c1-21(2,28-20(27)22-17(19(25)26)12-13-18(23)24)16-10-8-15(9-11-16)14-6-4-3-5-7-14/h3-11,17H,12-13H2,1-2H3,(H,22,27)(H,23,24)(H,25,26). The monoisotopic (exact) mass is 385 g/mol. The van der Waals surface area contributed by atoms with Gasteiger partial charge in [-0.25, -0.2) is 9.59 Å². The Labute approximate surface area is 163 Å². The maximum absolute atomic E-state index is 12.1. The van der Waals surface area contributed by atoms with Crippen molar-refractivity contribution >= 4 is 18.0 Å². The minimum absolute atomic E-state index is 0.230.